The lowest BCUT2D eigenvalue weighted by molar-refractivity contribution is 0.0949. The van der Waals surface area contributed by atoms with Gasteiger partial charge in [-0.05, 0) is 32.3 Å². The second-order valence-corrected chi connectivity index (χ2v) is 5.79. The maximum Gasteiger partial charge on any atom is 0.292 e. The number of H-pyrrole nitrogens is 2. The molecule has 116 valence electrons. The summed E-state index contributed by atoms with van der Waals surface area (Å²) >= 11 is 0. The number of nitrogens with zero attached hydrogens (tertiary/aromatic N) is 2. The number of benzene rings is 1. The van der Waals surface area contributed by atoms with E-state index in [0.717, 1.165) is 52.7 Å². The third-order valence-corrected chi connectivity index (χ3v) is 4.32. The highest BCUT2D eigenvalue weighted by molar-refractivity contribution is 6.01. The van der Waals surface area contributed by atoms with Crippen LogP contribution in [-0.2, 0) is 12.8 Å². The number of hydrogen-bond donors (Lipinski definition) is 3. The van der Waals surface area contributed by atoms with Gasteiger partial charge in [-0.3, -0.25) is 9.89 Å². The highest BCUT2D eigenvalue weighted by atomic mass is 16.2. The molecule has 1 amide bonds. The largest absolute Gasteiger partial charge is 0.358 e. The van der Waals surface area contributed by atoms with Gasteiger partial charge in [0.25, 0.3) is 5.91 Å². The van der Waals surface area contributed by atoms with Gasteiger partial charge in [0.2, 0.25) is 0 Å². The molecule has 1 aromatic carbocycles. The van der Waals surface area contributed by atoms with Gasteiger partial charge in [0.1, 0.15) is 0 Å². The standard InChI is InChI=1S/C17H17N5O/c1-10-13(11-5-2-3-7-14(11)19-10)9-18-22-17(23)16-12-6-4-8-15(12)20-21-16/h2-3,5,7,9,19H,4,6,8H2,1H3,(H,20,21)(H,22,23)/b18-9+. The van der Waals surface area contributed by atoms with Crippen molar-refractivity contribution in [3.05, 3.63) is 52.5 Å². The summed E-state index contributed by atoms with van der Waals surface area (Å²) in [6.07, 6.45) is 4.62. The number of para-hydroxylation sites is 1. The number of amides is 1. The molecule has 0 unspecified atom stereocenters. The van der Waals surface area contributed by atoms with Crippen molar-refractivity contribution in [2.75, 3.05) is 0 Å². The average Bonchev–Trinajstić information content (AvgIpc) is 3.21. The van der Waals surface area contributed by atoms with Gasteiger partial charge in [0, 0.05) is 33.4 Å². The summed E-state index contributed by atoms with van der Waals surface area (Å²) in [6.45, 7) is 1.99. The first kappa shape index (κ1) is 13.8. The molecule has 0 spiro atoms. The number of aryl methyl sites for hydroxylation is 2. The van der Waals surface area contributed by atoms with E-state index in [1.54, 1.807) is 6.21 Å². The molecule has 0 saturated carbocycles. The van der Waals surface area contributed by atoms with Crippen LogP contribution in [0.4, 0.5) is 0 Å². The Morgan fingerprint density at radius 2 is 2.22 bits per heavy atom. The molecule has 6 heteroatoms. The van der Waals surface area contributed by atoms with Crippen LogP contribution < -0.4 is 5.43 Å². The summed E-state index contributed by atoms with van der Waals surface area (Å²) in [5, 5.41) is 12.2. The van der Waals surface area contributed by atoms with Crippen molar-refractivity contribution in [2.24, 2.45) is 5.10 Å². The lowest BCUT2D eigenvalue weighted by Gasteiger charge is -1.98. The molecule has 0 aliphatic heterocycles. The number of aromatic amines is 2. The topological polar surface area (TPSA) is 85.9 Å². The van der Waals surface area contributed by atoms with E-state index in [0.29, 0.717) is 5.69 Å². The number of rotatable bonds is 3. The molecule has 1 aliphatic carbocycles. The molecule has 0 saturated heterocycles. The van der Waals surface area contributed by atoms with Crippen molar-refractivity contribution in [2.45, 2.75) is 26.2 Å². The lowest BCUT2D eigenvalue weighted by Crippen LogP contribution is -2.19. The van der Waals surface area contributed by atoms with Crippen LogP contribution in [0.1, 0.15) is 39.4 Å². The van der Waals surface area contributed by atoms with E-state index < -0.39 is 0 Å². The molecule has 3 N–H and O–H groups in total. The molecule has 2 heterocycles. The van der Waals surface area contributed by atoms with Crippen LogP contribution in [0.5, 0.6) is 0 Å². The maximum atomic E-state index is 12.2. The van der Waals surface area contributed by atoms with Crippen LogP contribution in [0.25, 0.3) is 10.9 Å². The Labute approximate surface area is 133 Å². The molecule has 0 radical (unpaired) electrons. The quantitative estimate of drug-likeness (QED) is 0.513. The highest BCUT2D eigenvalue weighted by Crippen LogP contribution is 2.22. The second kappa shape index (κ2) is 5.39. The van der Waals surface area contributed by atoms with E-state index in [-0.39, 0.29) is 5.91 Å². The van der Waals surface area contributed by atoms with Crippen molar-refractivity contribution >= 4 is 23.0 Å². The normalized spacial score (nSPS) is 13.8. The predicted octanol–water partition coefficient (Wildman–Crippen LogP) is 2.45. The number of hydrazone groups is 1. The summed E-state index contributed by atoms with van der Waals surface area (Å²) in [5.74, 6) is -0.266. The first-order valence-corrected chi connectivity index (χ1v) is 7.71. The van der Waals surface area contributed by atoms with E-state index in [1.165, 1.54) is 0 Å². The van der Waals surface area contributed by atoms with Gasteiger partial charge >= 0.3 is 0 Å². The van der Waals surface area contributed by atoms with Crippen LogP contribution in [0.3, 0.4) is 0 Å². The average molecular weight is 307 g/mol. The fourth-order valence-corrected chi connectivity index (χ4v) is 3.18. The Bertz CT molecular complexity index is 918. The molecule has 6 nitrogen and oxygen atoms in total. The number of nitrogens with one attached hydrogen (secondary N) is 3. The Kier molecular flexibility index (Phi) is 3.22. The molecule has 23 heavy (non-hydrogen) atoms. The van der Waals surface area contributed by atoms with Crippen LogP contribution >= 0.6 is 0 Å². The number of carbonyl (C=O) groups is 1. The molecular formula is C17H17N5O. The smallest absolute Gasteiger partial charge is 0.292 e. The Morgan fingerprint density at radius 3 is 3.13 bits per heavy atom. The summed E-state index contributed by atoms with van der Waals surface area (Å²) in [6, 6.07) is 8.02. The zero-order valence-electron chi connectivity index (χ0n) is 12.8. The fourth-order valence-electron chi connectivity index (χ4n) is 3.18. The minimum absolute atomic E-state index is 0.266. The van der Waals surface area contributed by atoms with E-state index >= 15 is 0 Å². The number of carbonyl (C=O) groups excluding carboxylic acids is 1. The Balaban J connectivity index is 1.55. The van der Waals surface area contributed by atoms with Gasteiger partial charge in [-0.15, -0.1) is 0 Å². The Morgan fingerprint density at radius 1 is 1.35 bits per heavy atom. The summed E-state index contributed by atoms with van der Waals surface area (Å²) in [5.41, 5.74) is 8.20. The van der Waals surface area contributed by atoms with E-state index in [9.17, 15) is 4.79 Å². The van der Waals surface area contributed by atoms with E-state index in [1.807, 2.05) is 31.2 Å². The minimum atomic E-state index is -0.266. The van der Waals surface area contributed by atoms with Crippen molar-refractivity contribution in [1.29, 1.82) is 0 Å². The van der Waals surface area contributed by atoms with Gasteiger partial charge in [-0.25, -0.2) is 5.43 Å². The third kappa shape index (κ3) is 2.32. The lowest BCUT2D eigenvalue weighted by atomic mass is 10.1. The van der Waals surface area contributed by atoms with Crippen molar-refractivity contribution in [1.82, 2.24) is 20.6 Å². The van der Waals surface area contributed by atoms with Crippen LogP contribution in [0, 0.1) is 6.92 Å². The van der Waals surface area contributed by atoms with Crippen LogP contribution in [-0.4, -0.2) is 27.3 Å². The predicted molar refractivity (Wildman–Crippen MR) is 88.7 cm³/mol. The van der Waals surface area contributed by atoms with Gasteiger partial charge in [0.15, 0.2) is 5.69 Å². The Hall–Kier alpha value is -2.89. The number of fused-ring (bicyclic) bond motifs is 2. The molecule has 0 atom stereocenters. The van der Waals surface area contributed by atoms with Gasteiger partial charge in [-0.1, -0.05) is 18.2 Å². The first-order chi connectivity index (χ1) is 11.2. The monoisotopic (exact) mass is 307 g/mol. The minimum Gasteiger partial charge on any atom is -0.358 e. The van der Waals surface area contributed by atoms with Gasteiger partial charge < -0.3 is 4.98 Å². The summed E-state index contributed by atoms with van der Waals surface area (Å²) in [7, 11) is 0. The molecule has 1 aliphatic rings. The molecule has 0 bridgehead atoms. The first-order valence-electron chi connectivity index (χ1n) is 7.71. The van der Waals surface area contributed by atoms with Crippen molar-refractivity contribution in [3.8, 4) is 0 Å². The summed E-state index contributed by atoms with van der Waals surface area (Å²) < 4.78 is 0. The molecule has 0 fully saturated rings. The zero-order chi connectivity index (χ0) is 15.8. The third-order valence-electron chi connectivity index (χ3n) is 4.32. The van der Waals surface area contributed by atoms with Gasteiger partial charge in [0.05, 0.1) is 6.21 Å². The van der Waals surface area contributed by atoms with E-state index in [2.05, 4.69) is 25.7 Å². The molecular weight excluding hydrogens is 290 g/mol. The highest BCUT2D eigenvalue weighted by Gasteiger charge is 2.22. The number of aromatic nitrogens is 3. The van der Waals surface area contributed by atoms with Crippen LogP contribution in [0.15, 0.2) is 29.4 Å². The molecule has 4 rings (SSSR count). The van der Waals surface area contributed by atoms with Crippen molar-refractivity contribution in [3.63, 3.8) is 0 Å². The zero-order valence-corrected chi connectivity index (χ0v) is 12.8. The SMILES string of the molecule is Cc1[nH]c2ccccc2c1/C=N/NC(=O)c1n[nH]c2c1CCC2. The summed E-state index contributed by atoms with van der Waals surface area (Å²) in [4.78, 5) is 15.5. The van der Waals surface area contributed by atoms with Gasteiger partial charge in [-0.2, -0.15) is 10.2 Å². The van der Waals surface area contributed by atoms with E-state index in [4.69, 9.17) is 0 Å². The fraction of sp³-hybridized carbons (Fsp3) is 0.235. The maximum absolute atomic E-state index is 12.2. The van der Waals surface area contributed by atoms with Crippen LogP contribution in [0.2, 0.25) is 0 Å². The number of hydrogen-bond acceptors (Lipinski definition) is 3. The van der Waals surface area contributed by atoms with Crippen molar-refractivity contribution < 1.29 is 4.79 Å². The molecule has 2 aromatic heterocycles. The molecule has 3 aromatic rings. The second-order valence-electron chi connectivity index (χ2n) is 5.79.